The number of aliphatic hydroxyl groups is 2. The second-order valence-corrected chi connectivity index (χ2v) is 12.3. The average molecular weight is 532 g/mol. The Morgan fingerprint density at radius 2 is 1.82 bits per heavy atom. The standard InChI is InChI=1S/C29H45N3O6/c1-16-13-29(36)14-22-23(31(5)6)11-17(2)37-28(22)38-25(29)18(3)24(33)19(4)26(34)30-21-10-8-9-20(12-21)27(35)32(7)15-16/h8-10,12,16-19,22-25,28,33,36H,11,13-15H2,1-7H3,(H,30,34)/t16-,17-,18+,19-,22-,23+,24+,25-,28+,29+/m1/s1. The lowest BCUT2D eigenvalue weighted by atomic mass is 9.69. The normalized spacial score (nSPS) is 41.0. The zero-order valence-electron chi connectivity index (χ0n) is 23.8. The van der Waals surface area contributed by atoms with E-state index in [0.29, 0.717) is 30.6 Å². The smallest absolute Gasteiger partial charge is 0.253 e. The molecule has 0 saturated carbocycles. The monoisotopic (exact) mass is 531 g/mol. The van der Waals surface area contributed by atoms with E-state index in [4.69, 9.17) is 9.47 Å². The first kappa shape index (κ1) is 29.0. The number of carbonyl (C=O) groups excluding carboxylic acids is 2. The molecule has 3 heterocycles. The molecule has 9 heteroatoms. The number of carbonyl (C=O) groups is 2. The fourth-order valence-corrected chi connectivity index (χ4v) is 6.86. The van der Waals surface area contributed by atoms with Crippen LogP contribution in [0.25, 0.3) is 0 Å². The molecule has 9 nitrogen and oxygen atoms in total. The molecule has 0 aromatic heterocycles. The molecule has 1 aromatic rings. The van der Waals surface area contributed by atoms with Gasteiger partial charge in [0, 0.05) is 42.7 Å². The van der Waals surface area contributed by atoms with Crippen molar-refractivity contribution in [2.75, 3.05) is 33.0 Å². The molecule has 0 aliphatic carbocycles. The van der Waals surface area contributed by atoms with Crippen molar-refractivity contribution >= 4 is 17.5 Å². The van der Waals surface area contributed by atoms with E-state index >= 15 is 0 Å². The highest BCUT2D eigenvalue weighted by atomic mass is 16.7. The molecule has 10 atom stereocenters. The quantitative estimate of drug-likeness (QED) is 0.511. The van der Waals surface area contributed by atoms with Crippen molar-refractivity contribution in [2.24, 2.45) is 23.7 Å². The number of ether oxygens (including phenoxy) is 2. The topological polar surface area (TPSA) is 112 Å². The van der Waals surface area contributed by atoms with Crippen LogP contribution in [0.5, 0.6) is 0 Å². The Bertz CT molecular complexity index is 1020. The van der Waals surface area contributed by atoms with E-state index in [9.17, 15) is 19.8 Å². The van der Waals surface area contributed by atoms with Crippen LogP contribution < -0.4 is 5.32 Å². The van der Waals surface area contributed by atoms with Gasteiger partial charge in [0.05, 0.1) is 29.8 Å². The summed E-state index contributed by atoms with van der Waals surface area (Å²) in [6.45, 7) is 8.00. The molecule has 212 valence electrons. The Hall–Kier alpha value is -2.04. The number of fused-ring (bicyclic) bond motifs is 4. The predicted molar refractivity (Wildman–Crippen MR) is 145 cm³/mol. The minimum Gasteiger partial charge on any atom is -0.392 e. The maximum absolute atomic E-state index is 13.2. The van der Waals surface area contributed by atoms with E-state index in [1.54, 1.807) is 43.1 Å². The van der Waals surface area contributed by atoms with Crippen LogP contribution in [0.2, 0.25) is 0 Å². The maximum Gasteiger partial charge on any atom is 0.253 e. The van der Waals surface area contributed by atoms with Crippen molar-refractivity contribution in [2.45, 2.75) is 83.2 Å². The molecule has 0 radical (unpaired) electrons. The zero-order valence-corrected chi connectivity index (χ0v) is 23.8. The molecular formula is C29H45N3O6. The highest BCUT2D eigenvalue weighted by Crippen LogP contribution is 2.46. The van der Waals surface area contributed by atoms with Crippen LogP contribution in [0.15, 0.2) is 24.3 Å². The fourth-order valence-electron chi connectivity index (χ4n) is 6.86. The first-order valence-electron chi connectivity index (χ1n) is 13.8. The number of benzene rings is 1. The van der Waals surface area contributed by atoms with Gasteiger partial charge in [-0.25, -0.2) is 0 Å². The number of hydrogen-bond acceptors (Lipinski definition) is 7. The summed E-state index contributed by atoms with van der Waals surface area (Å²) in [5.41, 5.74) is -0.315. The average Bonchev–Trinajstić information content (AvgIpc) is 2.85. The summed E-state index contributed by atoms with van der Waals surface area (Å²) in [6.07, 6.45) is -0.685. The SMILES string of the molecule is C[C@H]1CN(C)C(=O)c2cccc(c2)NC(=O)[C@H](C)[C@@H](O)[C@H](C)[C@H]2O[C@@H]3O[C@H](C)C[C@H](N(C)C)[C@H]3C[C@@]2(O)C1. The van der Waals surface area contributed by atoms with Crippen LogP contribution in [-0.2, 0) is 14.3 Å². The molecule has 2 fully saturated rings. The molecule has 0 unspecified atom stereocenters. The van der Waals surface area contributed by atoms with Crippen molar-refractivity contribution in [1.29, 1.82) is 0 Å². The van der Waals surface area contributed by atoms with Crippen LogP contribution in [-0.4, -0.2) is 95.8 Å². The lowest BCUT2D eigenvalue weighted by molar-refractivity contribution is -0.328. The second-order valence-electron chi connectivity index (χ2n) is 12.3. The molecule has 3 aliphatic heterocycles. The van der Waals surface area contributed by atoms with Crippen LogP contribution in [0, 0.1) is 23.7 Å². The van der Waals surface area contributed by atoms with Crippen LogP contribution >= 0.6 is 0 Å². The van der Waals surface area contributed by atoms with E-state index in [2.05, 4.69) is 10.2 Å². The Morgan fingerprint density at radius 3 is 2.50 bits per heavy atom. The van der Waals surface area contributed by atoms with Gasteiger partial charge < -0.3 is 34.8 Å². The number of nitrogens with one attached hydrogen (secondary N) is 1. The molecule has 2 saturated heterocycles. The van der Waals surface area contributed by atoms with Crippen molar-refractivity contribution in [3.05, 3.63) is 29.8 Å². The van der Waals surface area contributed by atoms with Crippen molar-refractivity contribution in [3.63, 3.8) is 0 Å². The molecule has 3 aliphatic rings. The number of nitrogens with zero attached hydrogens (tertiary/aromatic N) is 2. The fraction of sp³-hybridized carbons (Fsp3) is 0.724. The van der Waals surface area contributed by atoms with E-state index in [1.165, 1.54) is 0 Å². The first-order valence-corrected chi connectivity index (χ1v) is 13.8. The first-order chi connectivity index (χ1) is 17.8. The minimum absolute atomic E-state index is 0.00407. The Kier molecular flexibility index (Phi) is 8.55. The van der Waals surface area contributed by atoms with Gasteiger partial charge in [0.1, 0.15) is 0 Å². The third-order valence-electron chi connectivity index (χ3n) is 8.80. The van der Waals surface area contributed by atoms with Gasteiger partial charge in [0.15, 0.2) is 6.29 Å². The molecule has 3 N–H and O–H groups in total. The predicted octanol–water partition coefficient (Wildman–Crippen LogP) is 2.57. The molecule has 2 amide bonds. The van der Waals surface area contributed by atoms with E-state index in [-0.39, 0.29) is 35.8 Å². The van der Waals surface area contributed by atoms with E-state index in [1.807, 2.05) is 34.9 Å². The van der Waals surface area contributed by atoms with Crippen molar-refractivity contribution < 1.29 is 29.3 Å². The van der Waals surface area contributed by atoms with E-state index in [0.717, 1.165) is 6.42 Å². The largest absolute Gasteiger partial charge is 0.392 e. The highest BCUT2D eigenvalue weighted by molar-refractivity contribution is 5.97. The van der Waals surface area contributed by atoms with Gasteiger partial charge in [-0.1, -0.05) is 26.8 Å². The van der Waals surface area contributed by atoms with Gasteiger partial charge in [-0.3, -0.25) is 9.59 Å². The summed E-state index contributed by atoms with van der Waals surface area (Å²) in [5.74, 6) is -1.95. The Balaban J connectivity index is 1.71. The minimum atomic E-state index is -1.28. The van der Waals surface area contributed by atoms with Crippen molar-refractivity contribution in [3.8, 4) is 0 Å². The summed E-state index contributed by atoms with van der Waals surface area (Å²) in [4.78, 5) is 30.2. The number of hydrogen-bond donors (Lipinski definition) is 3. The summed E-state index contributed by atoms with van der Waals surface area (Å²) in [6, 6.07) is 7.01. The Labute approximate surface area is 226 Å². The lowest BCUT2D eigenvalue weighted by Crippen LogP contribution is -2.64. The lowest BCUT2D eigenvalue weighted by Gasteiger charge is -2.55. The second kappa shape index (κ2) is 11.2. The van der Waals surface area contributed by atoms with Gasteiger partial charge >= 0.3 is 0 Å². The van der Waals surface area contributed by atoms with E-state index < -0.39 is 35.9 Å². The number of rotatable bonds is 1. The molecule has 2 bridgehead atoms. The van der Waals surface area contributed by atoms with Crippen LogP contribution in [0.1, 0.15) is 57.3 Å². The number of aliphatic hydroxyl groups excluding tert-OH is 1. The molecular weight excluding hydrogens is 486 g/mol. The molecule has 0 spiro atoms. The summed E-state index contributed by atoms with van der Waals surface area (Å²) >= 11 is 0. The summed E-state index contributed by atoms with van der Waals surface area (Å²) < 4.78 is 12.8. The number of anilines is 1. The third kappa shape index (κ3) is 5.77. The van der Waals surface area contributed by atoms with Gasteiger partial charge in [0.25, 0.3) is 5.91 Å². The molecule has 1 aromatic carbocycles. The maximum atomic E-state index is 13.2. The molecule has 38 heavy (non-hydrogen) atoms. The Morgan fingerprint density at radius 1 is 1.11 bits per heavy atom. The highest BCUT2D eigenvalue weighted by Gasteiger charge is 2.56. The summed E-state index contributed by atoms with van der Waals surface area (Å²) in [5, 5.41) is 26.6. The zero-order chi connectivity index (χ0) is 27.9. The molecule has 4 rings (SSSR count). The van der Waals surface area contributed by atoms with Gasteiger partial charge in [-0.15, -0.1) is 0 Å². The van der Waals surface area contributed by atoms with Crippen LogP contribution in [0.3, 0.4) is 0 Å². The van der Waals surface area contributed by atoms with Gasteiger partial charge in [-0.05, 0) is 64.4 Å². The van der Waals surface area contributed by atoms with Gasteiger partial charge in [0.2, 0.25) is 5.91 Å². The van der Waals surface area contributed by atoms with Crippen LogP contribution in [0.4, 0.5) is 5.69 Å². The van der Waals surface area contributed by atoms with Gasteiger partial charge in [-0.2, -0.15) is 0 Å². The van der Waals surface area contributed by atoms with Crippen molar-refractivity contribution in [1.82, 2.24) is 9.80 Å². The third-order valence-corrected chi connectivity index (χ3v) is 8.80. The number of amides is 2. The summed E-state index contributed by atoms with van der Waals surface area (Å²) in [7, 11) is 5.83.